The molecule has 0 spiro atoms. The third-order valence-corrected chi connectivity index (χ3v) is 1.34. The predicted molar refractivity (Wildman–Crippen MR) is 109 cm³/mol. The van der Waals surface area contributed by atoms with Crippen LogP contribution in [0.1, 0.15) is 13.8 Å². The van der Waals surface area contributed by atoms with Gasteiger partial charge in [-0.25, -0.2) is 0 Å². The fraction of sp³-hybridized carbons (Fsp3) is 1.00. The normalized spacial score (nSPS) is 9.72. The number of halogens is 6. The van der Waals surface area contributed by atoms with Crippen molar-refractivity contribution >= 4 is 56.5 Å². The van der Waals surface area contributed by atoms with E-state index in [0.29, 0.717) is 26.2 Å². The fourth-order valence-corrected chi connectivity index (χ4v) is 0.184. The Morgan fingerprint density at radius 2 is 1.00 bits per heavy atom. The second kappa shape index (κ2) is 56.4. The standard InChI is InChI=1S/C4H10N2.2C3H8N2.6ClH.3Pt/c1-4(2-5)3-6;1-5-3-2-4;1-3(5)2-4;;;;;;;;;/h4-6H,2-3H2,1H3;4H,2-3H2,1H3;3-5H,2H2,1H3;6*1H;;;/q3*-2;;;;;;;3*+4/p-6. The van der Waals surface area contributed by atoms with Gasteiger partial charge in [0.05, 0.1) is 0 Å². The second-order valence-electron chi connectivity index (χ2n) is 3.54. The van der Waals surface area contributed by atoms with Crippen LogP contribution in [0.25, 0.3) is 34.0 Å². The van der Waals surface area contributed by atoms with Crippen molar-refractivity contribution in [3.63, 3.8) is 0 Å². The number of nitrogens with one attached hydrogen (secondary N) is 5. The third kappa shape index (κ3) is 135. The Morgan fingerprint density at radius 3 is 1.00 bits per heavy atom. The van der Waals surface area contributed by atoms with E-state index in [-0.39, 0.29) is 18.5 Å². The van der Waals surface area contributed by atoms with Crippen molar-refractivity contribution in [2.75, 3.05) is 39.8 Å². The summed E-state index contributed by atoms with van der Waals surface area (Å²) in [5.74, 6) is 0.269. The zero-order chi connectivity index (χ0) is 21.5. The minimum atomic E-state index is -0.472. The average molecular weight is 1030 g/mol. The molecule has 0 aromatic heterocycles. The van der Waals surface area contributed by atoms with Gasteiger partial charge in [0.25, 0.3) is 0 Å². The SMILES string of the molecule is CC(C[NH-])C[NH-].CC([NH-])C[NH-].C[N-]CC[NH-].[Cl][Pt+2][Cl].[Cl][Pt+2][Cl].[Cl][Pt+2][Cl]. The summed E-state index contributed by atoms with van der Waals surface area (Å²) in [5, 5.41) is 3.67. The van der Waals surface area contributed by atoms with Crippen LogP contribution in [0.5, 0.6) is 0 Å². The first kappa shape index (κ1) is 42.6. The van der Waals surface area contributed by atoms with Crippen molar-refractivity contribution in [3.8, 4) is 0 Å². The molecule has 0 saturated carbocycles. The van der Waals surface area contributed by atoms with E-state index < -0.39 is 49.4 Å². The van der Waals surface area contributed by atoms with Crippen molar-refractivity contribution in [1.29, 1.82) is 0 Å². The molecule has 0 rings (SSSR count). The Morgan fingerprint density at radius 1 is 0.760 bits per heavy atom. The molecular weight excluding hydrogens is 1000 g/mol. The van der Waals surface area contributed by atoms with Gasteiger partial charge in [-0.2, -0.15) is 45.8 Å². The molecule has 25 heavy (non-hydrogen) atoms. The third-order valence-electron chi connectivity index (χ3n) is 1.34. The van der Waals surface area contributed by atoms with Crippen molar-refractivity contribution in [2.24, 2.45) is 5.92 Å². The molecule has 1 unspecified atom stereocenters. The summed E-state index contributed by atoms with van der Waals surface area (Å²) >= 11 is -1.42. The zero-order valence-corrected chi connectivity index (χ0v) is 25.2. The summed E-state index contributed by atoms with van der Waals surface area (Å²) in [6, 6.07) is -0.199. The molecule has 6 nitrogen and oxygen atoms in total. The van der Waals surface area contributed by atoms with Crippen LogP contribution in [0.15, 0.2) is 0 Å². The summed E-state index contributed by atoms with van der Waals surface area (Å²) in [5.41, 5.74) is 33.0. The van der Waals surface area contributed by atoms with Gasteiger partial charge < -0.3 is 34.0 Å². The van der Waals surface area contributed by atoms with Crippen LogP contribution in [0, 0.1) is 5.92 Å². The molecule has 0 bridgehead atoms. The van der Waals surface area contributed by atoms with E-state index in [1.165, 1.54) is 0 Å². The van der Waals surface area contributed by atoms with Crippen LogP contribution >= 0.6 is 56.5 Å². The van der Waals surface area contributed by atoms with Crippen molar-refractivity contribution in [3.05, 3.63) is 34.0 Å². The van der Waals surface area contributed by atoms with E-state index in [0.717, 1.165) is 0 Å². The molecule has 5 N–H and O–H groups in total. The van der Waals surface area contributed by atoms with Gasteiger partial charge in [0, 0.05) is 0 Å². The summed E-state index contributed by atoms with van der Waals surface area (Å²) in [6.07, 6.45) is 0. The van der Waals surface area contributed by atoms with E-state index in [2.05, 4.69) is 5.32 Å². The zero-order valence-electron chi connectivity index (χ0n) is 13.9. The van der Waals surface area contributed by atoms with Gasteiger partial charge in [0.15, 0.2) is 0 Å². The Kier molecular flexibility index (Phi) is 96.2. The molecule has 0 saturated heterocycles. The Balaban J connectivity index is -0.0000000445. The maximum absolute atomic E-state index is 6.69. The predicted octanol–water partition coefficient (Wildman–Crippen LogP) is 8.38. The number of hydrogen-bond donors (Lipinski definition) is 0. The topological polar surface area (TPSA) is 133 Å². The first-order valence-corrected chi connectivity index (χ1v) is 23.0. The van der Waals surface area contributed by atoms with E-state index in [1.807, 2.05) is 6.92 Å². The molecule has 168 valence electrons. The van der Waals surface area contributed by atoms with Crippen LogP contribution in [0.4, 0.5) is 0 Å². The molecule has 15 heteroatoms. The second-order valence-corrected chi connectivity index (χ2v) is 13.4. The van der Waals surface area contributed by atoms with Gasteiger partial charge >= 0.3 is 106 Å². The van der Waals surface area contributed by atoms with Gasteiger partial charge in [-0.3, -0.25) is 0 Å². The van der Waals surface area contributed by atoms with Crippen LogP contribution in [0.2, 0.25) is 0 Å². The van der Waals surface area contributed by atoms with Crippen molar-refractivity contribution in [2.45, 2.75) is 19.9 Å². The monoisotopic (exact) mass is 1020 g/mol. The first-order valence-electron chi connectivity index (χ1n) is 6.06. The first-order chi connectivity index (χ1) is 11.7. The average Bonchev–Trinajstić information content (AvgIpc) is 2.58. The minimum absolute atomic E-state index is 0.199. The quantitative estimate of drug-likeness (QED) is 0.262. The molecule has 0 aliphatic rings. The number of likely N-dealkylation sites (N-methyl/N-ethyl adjacent to an activating group) is 1. The van der Waals surface area contributed by atoms with Gasteiger partial charge in [-0.05, 0) is 0 Å². The number of hydrogen-bond acceptors (Lipinski definition) is 0. The fourth-order valence-electron chi connectivity index (χ4n) is 0.184. The van der Waals surface area contributed by atoms with E-state index >= 15 is 0 Å². The van der Waals surface area contributed by atoms with Gasteiger partial charge in [-0.15, -0.1) is 0 Å². The summed E-state index contributed by atoms with van der Waals surface area (Å²) in [7, 11) is 31.0. The molecule has 0 aromatic carbocycles. The van der Waals surface area contributed by atoms with Gasteiger partial charge in [-0.1, -0.05) is 19.8 Å². The molecule has 0 aliphatic heterocycles. The van der Waals surface area contributed by atoms with Gasteiger partial charge in [0.1, 0.15) is 0 Å². The molecule has 0 heterocycles. The van der Waals surface area contributed by atoms with E-state index in [4.69, 9.17) is 85.2 Å². The molecule has 0 aliphatic carbocycles. The number of rotatable bonds is 5. The molecule has 0 amide bonds. The summed E-state index contributed by atoms with van der Waals surface area (Å²) < 4.78 is 0. The van der Waals surface area contributed by atoms with E-state index in [1.54, 1.807) is 14.0 Å². The van der Waals surface area contributed by atoms with Crippen LogP contribution < -0.4 is 0 Å². The Bertz CT molecular complexity index is 152. The van der Waals surface area contributed by atoms with Crippen molar-refractivity contribution < 1.29 is 49.4 Å². The van der Waals surface area contributed by atoms with Crippen LogP contribution in [-0.4, -0.2) is 45.8 Å². The van der Waals surface area contributed by atoms with Crippen molar-refractivity contribution in [1.82, 2.24) is 0 Å². The molecule has 0 aromatic rings. The summed E-state index contributed by atoms with van der Waals surface area (Å²) in [6.45, 7) is 5.72. The molecule has 1 atom stereocenters. The Hall–Kier alpha value is 3.56. The summed E-state index contributed by atoms with van der Waals surface area (Å²) in [4.78, 5) is 0. The van der Waals surface area contributed by atoms with Crippen LogP contribution in [-0.2, 0) is 49.4 Å². The van der Waals surface area contributed by atoms with Crippen LogP contribution in [0.3, 0.4) is 0 Å². The molecule has 0 radical (unpaired) electrons. The Labute approximate surface area is 203 Å². The number of nitrogens with zero attached hydrogens (tertiary/aromatic N) is 1. The maximum atomic E-state index is 6.69. The van der Waals surface area contributed by atoms with E-state index in [9.17, 15) is 0 Å². The molecule has 0 fully saturated rings. The van der Waals surface area contributed by atoms with Gasteiger partial charge in [0.2, 0.25) is 0 Å². The molecular formula is C10H26Cl6N6Pt3.